The summed E-state index contributed by atoms with van der Waals surface area (Å²) in [5, 5.41) is 2.91. The number of amides is 1. The van der Waals surface area contributed by atoms with Gasteiger partial charge in [0, 0.05) is 4.47 Å². The molecule has 0 heterocycles. The summed E-state index contributed by atoms with van der Waals surface area (Å²) < 4.78 is 19.9. The number of carbonyl (C=O) groups is 1. The zero-order chi connectivity index (χ0) is 16.3. The highest BCUT2D eigenvalue weighted by Crippen LogP contribution is 2.26. The van der Waals surface area contributed by atoms with E-state index in [1.807, 2.05) is 13.0 Å². The number of halogens is 3. The molecule has 1 N–H and O–H groups in total. The van der Waals surface area contributed by atoms with Crippen molar-refractivity contribution in [1.29, 1.82) is 0 Å². The van der Waals surface area contributed by atoms with Crippen molar-refractivity contribution in [2.45, 2.75) is 20.0 Å². The standard InChI is InChI=1S/C16H14BrClFNO2/c1-9-3-5-12(18)15(7-9)22-10(2)16(21)20-14-6-4-11(17)8-13(14)19/h3-8,10H,1-2H3,(H,20,21). The van der Waals surface area contributed by atoms with Crippen molar-refractivity contribution in [3.8, 4) is 5.75 Å². The molecule has 22 heavy (non-hydrogen) atoms. The maximum absolute atomic E-state index is 13.7. The van der Waals surface area contributed by atoms with Crippen LogP contribution in [0.3, 0.4) is 0 Å². The van der Waals surface area contributed by atoms with Gasteiger partial charge in [0.05, 0.1) is 10.7 Å². The Morgan fingerprint density at radius 3 is 2.73 bits per heavy atom. The Morgan fingerprint density at radius 1 is 1.32 bits per heavy atom. The SMILES string of the molecule is Cc1ccc(Cl)c(OC(C)C(=O)Nc2ccc(Br)cc2F)c1. The van der Waals surface area contributed by atoms with Gasteiger partial charge in [-0.3, -0.25) is 4.79 Å². The molecule has 0 saturated carbocycles. The molecule has 1 unspecified atom stereocenters. The molecule has 0 aliphatic heterocycles. The molecule has 1 amide bonds. The van der Waals surface area contributed by atoms with Gasteiger partial charge in [0.1, 0.15) is 11.6 Å². The van der Waals surface area contributed by atoms with E-state index in [9.17, 15) is 9.18 Å². The maximum Gasteiger partial charge on any atom is 0.265 e. The highest BCUT2D eigenvalue weighted by atomic mass is 79.9. The number of hydrogen-bond acceptors (Lipinski definition) is 2. The van der Waals surface area contributed by atoms with Crippen molar-refractivity contribution >= 4 is 39.1 Å². The predicted octanol–water partition coefficient (Wildman–Crippen LogP) is 4.96. The Labute approximate surface area is 141 Å². The Bertz CT molecular complexity index is 709. The number of carbonyl (C=O) groups excluding carboxylic acids is 1. The third-order valence-electron chi connectivity index (χ3n) is 2.95. The number of ether oxygens (including phenoxy) is 1. The van der Waals surface area contributed by atoms with Crippen molar-refractivity contribution in [2.75, 3.05) is 5.32 Å². The van der Waals surface area contributed by atoms with E-state index >= 15 is 0 Å². The Morgan fingerprint density at radius 2 is 2.05 bits per heavy atom. The molecule has 116 valence electrons. The molecular formula is C16H14BrClFNO2. The van der Waals surface area contributed by atoms with Crippen LogP contribution in [-0.2, 0) is 4.79 Å². The lowest BCUT2D eigenvalue weighted by Crippen LogP contribution is -2.30. The fourth-order valence-electron chi connectivity index (χ4n) is 1.77. The van der Waals surface area contributed by atoms with E-state index in [-0.39, 0.29) is 5.69 Å². The number of anilines is 1. The van der Waals surface area contributed by atoms with Gasteiger partial charge in [-0.25, -0.2) is 4.39 Å². The van der Waals surface area contributed by atoms with Crippen molar-refractivity contribution in [3.63, 3.8) is 0 Å². The van der Waals surface area contributed by atoms with Gasteiger partial charge in [0.2, 0.25) is 0 Å². The maximum atomic E-state index is 13.7. The second-order valence-corrected chi connectivity index (χ2v) is 6.13. The quantitative estimate of drug-likeness (QED) is 0.807. The second kappa shape index (κ2) is 7.11. The van der Waals surface area contributed by atoms with Crippen molar-refractivity contribution in [1.82, 2.24) is 0 Å². The number of rotatable bonds is 4. The Balaban J connectivity index is 2.07. The molecule has 1 atom stereocenters. The number of nitrogens with one attached hydrogen (secondary N) is 1. The van der Waals surface area contributed by atoms with E-state index in [1.165, 1.54) is 12.1 Å². The molecule has 6 heteroatoms. The van der Waals surface area contributed by atoms with Crippen molar-refractivity contribution < 1.29 is 13.9 Å². The number of benzene rings is 2. The average molecular weight is 387 g/mol. The second-order valence-electron chi connectivity index (χ2n) is 4.81. The monoisotopic (exact) mass is 385 g/mol. The minimum Gasteiger partial charge on any atom is -0.479 e. The summed E-state index contributed by atoms with van der Waals surface area (Å²) in [6.45, 7) is 3.47. The highest BCUT2D eigenvalue weighted by molar-refractivity contribution is 9.10. The van der Waals surface area contributed by atoms with Crippen LogP contribution in [0.15, 0.2) is 40.9 Å². The van der Waals surface area contributed by atoms with Crippen LogP contribution in [0.1, 0.15) is 12.5 Å². The zero-order valence-electron chi connectivity index (χ0n) is 12.0. The van der Waals surface area contributed by atoms with Gasteiger partial charge in [-0.2, -0.15) is 0 Å². The van der Waals surface area contributed by atoms with Crippen LogP contribution in [-0.4, -0.2) is 12.0 Å². The summed E-state index contributed by atoms with van der Waals surface area (Å²) in [5.74, 6) is -0.567. The summed E-state index contributed by atoms with van der Waals surface area (Å²) in [6.07, 6.45) is -0.817. The summed E-state index contributed by atoms with van der Waals surface area (Å²) in [7, 11) is 0. The molecule has 0 radical (unpaired) electrons. The van der Waals surface area contributed by atoms with Crippen molar-refractivity contribution in [3.05, 3.63) is 57.3 Å². The first-order valence-corrected chi connectivity index (χ1v) is 7.72. The first-order chi connectivity index (χ1) is 10.4. The first-order valence-electron chi connectivity index (χ1n) is 6.55. The largest absolute Gasteiger partial charge is 0.479 e. The number of aryl methyl sites for hydroxylation is 1. The van der Waals surface area contributed by atoms with E-state index in [4.69, 9.17) is 16.3 Å². The average Bonchev–Trinajstić information content (AvgIpc) is 2.45. The third kappa shape index (κ3) is 4.21. The fourth-order valence-corrected chi connectivity index (χ4v) is 2.27. The van der Waals surface area contributed by atoms with E-state index in [1.54, 1.807) is 25.1 Å². The summed E-state index contributed by atoms with van der Waals surface area (Å²) >= 11 is 9.18. The van der Waals surface area contributed by atoms with Crippen LogP contribution >= 0.6 is 27.5 Å². The lowest BCUT2D eigenvalue weighted by molar-refractivity contribution is -0.122. The van der Waals surface area contributed by atoms with Crippen molar-refractivity contribution in [2.24, 2.45) is 0 Å². The van der Waals surface area contributed by atoms with Gasteiger partial charge in [-0.1, -0.05) is 33.6 Å². The van der Waals surface area contributed by atoms with Gasteiger partial charge in [-0.05, 0) is 49.7 Å². The lowest BCUT2D eigenvalue weighted by Gasteiger charge is -2.16. The lowest BCUT2D eigenvalue weighted by atomic mass is 10.2. The summed E-state index contributed by atoms with van der Waals surface area (Å²) in [6, 6.07) is 9.68. The molecule has 3 nitrogen and oxygen atoms in total. The Kier molecular flexibility index (Phi) is 5.42. The van der Waals surface area contributed by atoms with Crippen LogP contribution in [0.2, 0.25) is 5.02 Å². The molecular weight excluding hydrogens is 373 g/mol. The zero-order valence-corrected chi connectivity index (χ0v) is 14.3. The van der Waals surface area contributed by atoms with Crippen LogP contribution in [0, 0.1) is 12.7 Å². The van der Waals surface area contributed by atoms with Crippen LogP contribution < -0.4 is 10.1 Å². The molecule has 2 aromatic rings. The van der Waals surface area contributed by atoms with E-state index < -0.39 is 17.8 Å². The normalized spacial score (nSPS) is 11.9. The number of hydrogen-bond donors (Lipinski definition) is 1. The third-order valence-corrected chi connectivity index (χ3v) is 3.75. The fraction of sp³-hybridized carbons (Fsp3) is 0.188. The molecule has 0 aromatic heterocycles. The molecule has 2 rings (SSSR count). The first kappa shape index (κ1) is 16.8. The van der Waals surface area contributed by atoms with Crippen LogP contribution in [0.4, 0.5) is 10.1 Å². The van der Waals surface area contributed by atoms with Gasteiger partial charge >= 0.3 is 0 Å². The smallest absolute Gasteiger partial charge is 0.265 e. The van der Waals surface area contributed by atoms with E-state index in [0.717, 1.165) is 5.56 Å². The van der Waals surface area contributed by atoms with Crippen LogP contribution in [0.25, 0.3) is 0 Å². The summed E-state index contributed by atoms with van der Waals surface area (Å²) in [5.41, 5.74) is 1.06. The topological polar surface area (TPSA) is 38.3 Å². The molecule has 0 aliphatic rings. The Hall–Kier alpha value is -1.59. The van der Waals surface area contributed by atoms with E-state index in [2.05, 4.69) is 21.2 Å². The molecule has 0 fully saturated rings. The minimum atomic E-state index is -0.817. The van der Waals surface area contributed by atoms with Crippen LogP contribution in [0.5, 0.6) is 5.75 Å². The summed E-state index contributed by atoms with van der Waals surface area (Å²) in [4.78, 5) is 12.1. The predicted molar refractivity (Wildman–Crippen MR) is 89.0 cm³/mol. The minimum absolute atomic E-state index is 0.0963. The molecule has 0 saturated heterocycles. The van der Waals surface area contributed by atoms with Gasteiger partial charge in [0.25, 0.3) is 5.91 Å². The van der Waals surface area contributed by atoms with Gasteiger partial charge < -0.3 is 10.1 Å². The highest BCUT2D eigenvalue weighted by Gasteiger charge is 2.18. The van der Waals surface area contributed by atoms with E-state index in [0.29, 0.717) is 15.2 Å². The van der Waals surface area contributed by atoms with Gasteiger partial charge in [-0.15, -0.1) is 0 Å². The molecule has 0 bridgehead atoms. The molecule has 2 aromatic carbocycles. The molecule has 0 aliphatic carbocycles. The van der Waals surface area contributed by atoms with Gasteiger partial charge in [0.15, 0.2) is 6.10 Å². The molecule has 0 spiro atoms.